The average Bonchev–Trinajstić information content (AvgIpc) is 3.24. The van der Waals surface area contributed by atoms with Gasteiger partial charge < -0.3 is 24.3 Å². The van der Waals surface area contributed by atoms with Gasteiger partial charge in [0.2, 0.25) is 0 Å². The monoisotopic (exact) mass is 414 g/mol. The molecule has 1 aromatic carbocycles. The van der Waals surface area contributed by atoms with Crippen molar-refractivity contribution in [2.75, 3.05) is 25.6 Å². The maximum absolute atomic E-state index is 14.6. The van der Waals surface area contributed by atoms with Gasteiger partial charge in [-0.3, -0.25) is 4.79 Å². The van der Waals surface area contributed by atoms with Crippen molar-refractivity contribution in [2.24, 2.45) is 0 Å². The van der Waals surface area contributed by atoms with E-state index in [2.05, 4.69) is 15.3 Å². The number of anilines is 1. The number of hydrogen-bond donors (Lipinski definition) is 2. The molecule has 0 fully saturated rings. The van der Waals surface area contributed by atoms with Crippen LogP contribution < -0.4 is 5.32 Å². The van der Waals surface area contributed by atoms with Crippen molar-refractivity contribution in [1.82, 2.24) is 14.5 Å². The van der Waals surface area contributed by atoms with Gasteiger partial charge in [-0.05, 0) is 44.5 Å². The molecular formula is C21H23FN4O4. The molecule has 8 nitrogen and oxygen atoms in total. The quantitative estimate of drug-likeness (QED) is 0.457. The third kappa shape index (κ3) is 4.25. The molecule has 9 heteroatoms. The van der Waals surface area contributed by atoms with E-state index in [1.807, 2.05) is 0 Å². The molecule has 0 aliphatic rings. The van der Waals surface area contributed by atoms with Crippen molar-refractivity contribution in [3.8, 4) is 5.69 Å². The van der Waals surface area contributed by atoms with Crippen molar-refractivity contribution < 1.29 is 23.5 Å². The van der Waals surface area contributed by atoms with Crippen LogP contribution >= 0.6 is 0 Å². The lowest BCUT2D eigenvalue weighted by Crippen LogP contribution is -2.15. The summed E-state index contributed by atoms with van der Waals surface area (Å²) in [6.45, 7) is 5.49. The van der Waals surface area contributed by atoms with Crippen LogP contribution in [0.15, 0.2) is 30.6 Å². The smallest absolute Gasteiger partial charge is 0.340 e. The highest BCUT2D eigenvalue weighted by Crippen LogP contribution is 2.22. The van der Waals surface area contributed by atoms with E-state index < -0.39 is 17.7 Å². The fraction of sp³-hybridized carbons (Fsp3) is 0.286. The first-order valence-electron chi connectivity index (χ1n) is 9.30. The fourth-order valence-corrected chi connectivity index (χ4v) is 3.18. The minimum atomic E-state index is -0.538. The molecule has 0 saturated heterocycles. The second-order valence-corrected chi connectivity index (χ2v) is 6.72. The maximum Gasteiger partial charge on any atom is 0.340 e. The second-order valence-electron chi connectivity index (χ2n) is 6.72. The summed E-state index contributed by atoms with van der Waals surface area (Å²) in [7, 11) is 1.51. The molecule has 2 aromatic heterocycles. The van der Waals surface area contributed by atoms with Crippen molar-refractivity contribution in [3.05, 3.63) is 64.7 Å². The van der Waals surface area contributed by atoms with Gasteiger partial charge in [0.15, 0.2) is 0 Å². The molecule has 0 unspecified atom stereocenters. The van der Waals surface area contributed by atoms with Crippen LogP contribution in [0.1, 0.15) is 37.9 Å². The van der Waals surface area contributed by atoms with E-state index in [1.165, 1.54) is 13.2 Å². The summed E-state index contributed by atoms with van der Waals surface area (Å²) < 4.78 is 26.2. The lowest BCUT2D eigenvalue weighted by molar-refractivity contribution is 0.0387. The molecule has 2 N–H and O–H groups in total. The van der Waals surface area contributed by atoms with Gasteiger partial charge in [0.25, 0.3) is 5.91 Å². The predicted molar refractivity (Wildman–Crippen MR) is 109 cm³/mol. The summed E-state index contributed by atoms with van der Waals surface area (Å²) >= 11 is 0. The van der Waals surface area contributed by atoms with Crippen LogP contribution in [0, 0.1) is 26.6 Å². The van der Waals surface area contributed by atoms with E-state index in [-0.39, 0.29) is 24.6 Å². The molecule has 3 rings (SSSR count). The van der Waals surface area contributed by atoms with Crippen LogP contribution in [0.5, 0.6) is 0 Å². The number of methoxy groups -OCH3 is 1. The van der Waals surface area contributed by atoms with Crippen LogP contribution in [0.4, 0.5) is 10.1 Å². The van der Waals surface area contributed by atoms with Crippen LogP contribution in [-0.4, -0.2) is 46.7 Å². The summed E-state index contributed by atoms with van der Waals surface area (Å²) in [4.78, 5) is 32.0. The van der Waals surface area contributed by atoms with Gasteiger partial charge in [-0.15, -0.1) is 0 Å². The number of nitrogens with one attached hydrogen (secondary N) is 2. The number of esters is 1. The standard InChI is InChI=1S/C21H23FN4O4/c1-12-18(21(28)30-10-9-29-4)13(2)24-19(12)20(27)25-15-5-6-17(16(22)11-15)26-8-7-23-14(26)3/h5-8,11,24H,9-10H2,1-4H3,(H,25,27). The first-order chi connectivity index (χ1) is 14.3. The summed E-state index contributed by atoms with van der Waals surface area (Å²) in [6.07, 6.45) is 3.24. The Kier molecular flexibility index (Phi) is 6.31. The number of H-pyrrole nitrogens is 1. The highest BCUT2D eigenvalue weighted by Gasteiger charge is 2.23. The van der Waals surface area contributed by atoms with E-state index >= 15 is 0 Å². The Morgan fingerprint density at radius 3 is 2.63 bits per heavy atom. The molecule has 158 valence electrons. The van der Waals surface area contributed by atoms with Crippen LogP contribution in [-0.2, 0) is 9.47 Å². The number of nitrogens with zero attached hydrogens (tertiary/aromatic N) is 2. The number of imidazole rings is 1. The molecule has 0 saturated carbocycles. The number of halogens is 1. The van der Waals surface area contributed by atoms with Gasteiger partial charge in [-0.25, -0.2) is 14.2 Å². The van der Waals surface area contributed by atoms with Gasteiger partial charge in [-0.2, -0.15) is 0 Å². The molecule has 3 aromatic rings. The minimum Gasteiger partial charge on any atom is -0.460 e. The molecule has 0 aliphatic heterocycles. The third-order valence-corrected chi connectivity index (χ3v) is 4.68. The Hall–Kier alpha value is -3.46. The molecule has 0 bridgehead atoms. The summed E-state index contributed by atoms with van der Waals surface area (Å²) in [5.74, 6) is -0.885. The van der Waals surface area contributed by atoms with E-state index in [1.54, 1.807) is 49.9 Å². The topological polar surface area (TPSA) is 98.2 Å². The highest BCUT2D eigenvalue weighted by molar-refractivity contribution is 6.06. The number of aromatic amines is 1. The normalized spacial score (nSPS) is 10.8. The van der Waals surface area contributed by atoms with Gasteiger partial charge in [0.1, 0.15) is 23.9 Å². The molecular weight excluding hydrogens is 391 g/mol. The lowest BCUT2D eigenvalue weighted by Gasteiger charge is -2.10. The Morgan fingerprint density at radius 1 is 1.23 bits per heavy atom. The van der Waals surface area contributed by atoms with E-state index in [4.69, 9.17) is 9.47 Å². The number of hydrogen-bond acceptors (Lipinski definition) is 5. The van der Waals surface area contributed by atoms with E-state index in [0.717, 1.165) is 0 Å². The molecule has 0 aliphatic carbocycles. The third-order valence-electron chi connectivity index (χ3n) is 4.68. The van der Waals surface area contributed by atoms with Crippen LogP contribution in [0.2, 0.25) is 0 Å². The second kappa shape index (κ2) is 8.91. The number of aromatic nitrogens is 3. The fourth-order valence-electron chi connectivity index (χ4n) is 3.18. The lowest BCUT2D eigenvalue weighted by atomic mass is 10.1. The Morgan fingerprint density at radius 2 is 2.00 bits per heavy atom. The molecule has 30 heavy (non-hydrogen) atoms. The number of ether oxygens (including phenoxy) is 2. The van der Waals surface area contributed by atoms with Gasteiger partial charge in [-0.1, -0.05) is 0 Å². The number of amides is 1. The number of carbonyl (C=O) groups excluding carboxylic acids is 2. The molecule has 0 atom stereocenters. The predicted octanol–water partition coefficient (Wildman–Crippen LogP) is 3.32. The molecule has 0 radical (unpaired) electrons. The Balaban J connectivity index is 1.78. The summed E-state index contributed by atoms with van der Waals surface area (Å²) in [6, 6.07) is 4.39. The number of rotatable bonds is 7. The number of carbonyl (C=O) groups is 2. The zero-order chi connectivity index (χ0) is 21.8. The first-order valence-corrected chi connectivity index (χ1v) is 9.30. The van der Waals surface area contributed by atoms with Gasteiger partial charge in [0.05, 0.1) is 17.9 Å². The van der Waals surface area contributed by atoms with Crippen molar-refractivity contribution in [3.63, 3.8) is 0 Å². The summed E-state index contributed by atoms with van der Waals surface area (Å²) in [5, 5.41) is 2.65. The molecule has 0 spiro atoms. The highest BCUT2D eigenvalue weighted by atomic mass is 19.1. The minimum absolute atomic E-state index is 0.114. The first kappa shape index (κ1) is 21.3. The molecule has 1 amide bonds. The van der Waals surface area contributed by atoms with Crippen LogP contribution in [0.25, 0.3) is 5.69 Å². The van der Waals surface area contributed by atoms with Gasteiger partial charge in [0, 0.05) is 30.9 Å². The Labute approximate surface area is 173 Å². The maximum atomic E-state index is 14.6. The summed E-state index contributed by atoms with van der Waals surface area (Å²) in [5.41, 5.74) is 2.09. The average molecular weight is 414 g/mol. The molecule has 2 heterocycles. The van der Waals surface area contributed by atoms with Crippen LogP contribution in [0.3, 0.4) is 0 Å². The van der Waals surface area contributed by atoms with Crippen molar-refractivity contribution >= 4 is 17.6 Å². The van der Waals surface area contributed by atoms with Crippen molar-refractivity contribution in [1.29, 1.82) is 0 Å². The zero-order valence-electron chi connectivity index (χ0n) is 17.2. The number of benzene rings is 1. The van der Waals surface area contributed by atoms with Gasteiger partial charge >= 0.3 is 5.97 Å². The largest absolute Gasteiger partial charge is 0.460 e. The number of aryl methyl sites for hydroxylation is 2. The van der Waals surface area contributed by atoms with E-state index in [0.29, 0.717) is 28.3 Å². The SMILES string of the molecule is COCCOC(=O)c1c(C)[nH]c(C(=O)Nc2ccc(-n3ccnc3C)c(F)c2)c1C. The van der Waals surface area contributed by atoms with E-state index in [9.17, 15) is 14.0 Å². The zero-order valence-corrected chi connectivity index (χ0v) is 17.2. The van der Waals surface area contributed by atoms with Crippen molar-refractivity contribution in [2.45, 2.75) is 20.8 Å². The Bertz CT molecular complexity index is 1090.